The van der Waals surface area contributed by atoms with Gasteiger partial charge in [-0.3, -0.25) is 5.10 Å². The van der Waals surface area contributed by atoms with E-state index in [1.165, 1.54) is 10.3 Å². The summed E-state index contributed by atoms with van der Waals surface area (Å²) in [5.41, 5.74) is 1.04. The number of benzene rings is 1. The Hall–Kier alpha value is -0.230. The first-order valence-corrected chi connectivity index (χ1v) is 5.79. The molecule has 0 saturated heterocycles. The van der Waals surface area contributed by atoms with E-state index in [-0.39, 0.29) is 0 Å². The fourth-order valence-electron chi connectivity index (χ4n) is 1.08. The lowest BCUT2D eigenvalue weighted by molar-refractivity contribution is 1.09. The highest BCUT2D eigenvalue weighted by atomic mass is 127. The maximum Gasteiger partial charge on any atom is 0.104 e. The number of hydrogen-bond donors (Lipinski definition) is 1. The third-order valence-electron chi connectivity index (χ3n) is 1.71. The lowest BCUT2D eigenvalue weighted by atomic mass is 10.3. The number of rotatable bonds is 1. The lowest BCUT2D eigenvalue weighted by Crippen LogP contribution is -1.71. The minimum atomic E-state index is 1.04. The molecule has 1 N–H and O–H groups in total. The van der Waals surface area contributed by atoms with Crippen LogP contribution in [0, 0.1) is 3.70 Å². The van der Waals surface area contributed by atoms with Crippen LogP contribution in [0.3, 0.4) is 0 Å². The molecule has 0 unspecified atom stereocenters. The van der Waals surface area contributed by atoms with E-state index >= 15 is 0 Å². The maximum absolute atomic E-state index is 4.15. The molecule has 0 atom stereocenters. The predicted molar refractivity (Wildman–Crippen MR) is 60.6 cm³/mol. The van der Waals surface area contributed by atoms with Crippen LogP contribution in [0.2, 0.25) is 0 Å². The van der Waals surface area contributed by atoms with Crippen LogP contribution >= 0.6 is 34.4 Å². The number of thioether (sulfide) groups is 1. The smallest absolute Gasteiger partial charge is 0.104 e. The summed E-state index contributed by atoms with van der Waals surface area (Å²) >= 11 is 4.01. The van der Waals surface area contributed by atoms with Crippen LogP contribution in [-0.2, 0) is 0 Å². The molecule has 0 amide bonds. The van der Waals surface area contributed by atoms with Gasteiger partial charge in [0.05, 0.1) is 5.52 Å². The van der Waals surface area contributed by atoms with Crippen molar-refractivity contribution in [1.29, 1.82) is 0 Å². The van der Waals surface area contributed by atoms with Crippen molar-refractivity contribution in [3.05, 3.63) is 21.9 Å². The van der Waals surface area contributed by atoms with Crippen molar-refractivity contribution in [3.63, 3.8) is 0 Å². The quantitative estimate of drug-likeness (QED) is 0.646. The van der Waals surface area contributed by atoms with Crippen LogP contribution in [-0.4, -0.2) is 16.5 Å². The van der Waals surface area contributed by atoms with Gasteiger partial charge in [-0.2, -0.15) is 5.10 Å². The number of aromatic nitrogens is 2. The van der Waals surface area contributed by atoms with Gasteiger partial charge in [0.1, 0.15) is 3.70 Å². The second-order valence-corrected chi connectivity index (χ2v) is 4.38. The molecule has 0 saturated carbocycles. The van der Waals surface area contributed by atoms with E-state index in [9.17, 15) is 0 Å². The molecule has 0 spiro atoms. The first-order valence-electron chi connectivity index (χ1n) is 3.49. The average Bonchev–Trinajstić information content (AvgIpc) is 2.47. The number of fused-ring (bicyclic) bond motifs is 1. The van der Waals surface area contributed by atoms with Crippen molar-refractivity contribution in [2.45, 2.75) is 4.90 Å². The first kappa shape index (κ1) is 8.37. The van der Waals surface area contributed by atoms with Crippen molar-refractivity contribution in [2.75, 3.05) is 6.26 Å². The number of hydrogen-bond acceptors (Lipinski definition) is 2. The van der Waals surface area contributed by atoms with Gasteiger partial charge in [0.15, 0.2) is 0 Å². The van der Waals surface area contributed by atoms with E-state index in [0.29, 0.717) is 0 Å². The minimum absolute atomic E-state index is 1.04. The fraction of sp³-hybridized carbons (Fsp3) is 0.125. The van der Waals surface area contributed by atoms with Gasteiger partial charge < -0.3 is 0 Å². The third kappa shape index (κ3) is 1.33. The Kier molecular flexibility index (Phi) is 2.27. The minimum Gasteiger partial charge on any atom is -0.271 e. The van der Waals surface area contributed by atoms with Crippen molar-refractivity contribution in [1.82, 2.24) is 10.2 Å². The van der Waals surface area contributed by atoms with Crippen LogP contribution in [0.1, 0.15) is 0 Å². The highest BCUT2D eigenvalue weighted by Gasteiger charge is 2.01. The van der Waals surface area contributed by atoms with E-state index in [1.807, 2.05) is 6.07 Å². The van der Waals surface area contributed by atoms with Gasteiger partial charge in [0, 0.05) is 10.3 Å². The molecule has 0 aliphatic rings. The lowest BCUT2D eigenvalue weighted by Gasteiger charge is -1.94. The Morgan fingerprint density at radius 2 is 2.33 bits per heavy atom. The summed E-state index contributed by atoms with van der Waals surface area (Å²) in [4.78, 5) is 1.28. The van der Waals surface area contributed by atoms with Gasteiger partial charge in [-0.05, 0) is 47.0 Å². The van der Waals surface area contributed by atoms with E-state index in [2.05, 4.69) is 51.2 Å². The molecule has 2 aromatic rings. The molecule has 2 nitrogen and oxygen atoms in total. The van der Waals surface area contributed by atoms with Crippen molar-refractivity contribution < 1.29 is 0 Å². The normalized spacial score (nSPS) is 10.8. The zero-order chi connectivity index (χ0) is 8.55. The molecule has 0 bridgehead atoms. The van der Waals surface area contributed by atoms with E-state index in [1.54, 1.807) is 11.8 Å². The molecule has 2 rings (SSSR count). The van der Waals surface area contributed by atoms with Gasteiger partial charge in [0.2, 0.25) is 0 Å². The third-order valence-corrected chi connectivity index (χ3v) is 3.26. The summed E-state index contributed by atoms with van der Waals surface area (Å²) < 4.78 is 1.11. The number of nitrogens with zero attached hydrogens (tertiary/aromatic N) is 1. The summed E-state index contributed by atoms with van der Waals surface area (Å²) in [5.74, 6) is 0. The fourth-order valence-corrected chi connectivity index (χ4v) is 2.08. The molecule has 62 valence electrons. The zero-order valence-corrected chi connectivity index (χ0v) is 9.44. The van der Waals surface area contributed by atoms with Gasteiger partial charge >= 0.3 is 0 Å². The number of H-pyrrole nitrogens is 1. The van der Waals surface area contributed by atoms with Crippen LogP contribution in [0.15, 0.2) is 23.1 Å². The van der Waals surface area contributed by atoms with Crippen LogP contribution < -0.4 is 0 Å². The average molecular weight is 290 g/mol. The second kappa shape index (κ2) is 3.26. The number of nitrogens with one attached hydrogen (secondary N) is 1. The standard InChI is InChI=1S/C8H7IN2S/c1-12-5-2-3-7-6(4-5)8(9)11-10-7/h2-4H,1H3,(H,10,11). The van der Waals surface area contributed by atoms with E-state index < -0.39 is 0 Å². The molecular weight excluding hydrogens is 283 g/mol. The topological polar surface area (TPSA) is 28.7 Å². The Morgan fingerprint density at radius 3 is 3.08 bits per heavy atom. The Balaban J connectivity index is 2.71. The summed E-state index contributed by atoms with van der Waals surface area (Å²) in [7, 11) is 0. The van der Waals surface area contributed by atoms with Gasteiger partial charge in [-0.25, -0.2) is 0 Å². The molecule has 0 aliphatic carbocycles. The van der Waals surface area contributed by atoms with Crippen LogP contribution in [0.5, 0.6) is 0 Å². The predicted octanol–water partition coefficient (Wildman–Crippen LogP) is 2.89. The van der Waals surface area contributed by atoms with Gasteiger partial charge in [-0.1, -0.05) is 0 Å². The highest BCUT2D eigenvalue weighted by Crippen LogP contribution is 2.23. The highest BCUT2D eigenvalue weighted by molar-refractivity contribution is 14.1. The second-order valence-electron chi connectivity index (χ2n) is 2.42. The number of halogens is 1. The van der Waals surface area contributed by atoms with E-state index in [4.69, 9.17) is 0 Å². The largest absolute Gasteiger partial charge is 0.271 e. The Labute approximate surface area is 88.3 Å². The Bertz CT molecular complexity index is 410. The van der Waals surface area contributed by atoms with Crippen LogP contribution in [0.4, 0.5) is 0 Å². The number of aromatic amines is 1. The summed E-state index contributed by atoms with van der Waals surface area (Å²) in [6, 6.07) is 6.29. The molecule has 0 fully saturated rings. The molecule has 1 heterocycles. The summed E-state index contributed by atoms with van der Waals surface area (Å²) in [6.45, 7) is 0. The molecule has 4 heteroatoms. The monoisotopic (exact) mass is 290 g/mol. The van der Waals surface area contributed by atoms with Crippen molar-refractivity contribution in [2.24, 2.45) is 0 Å². The van der Waals surface area contributed by atoms with Gasteiger partial charge in [0.25, 0.3) is 0 Å². The first-order chi connectivity index (χ1) is 5.81. The van der Waals surface area contributed by atoms with E-state index in [0.717, 1.165) is 9.22 Å². The molecule has 1 aromatic carbocycles. The zero-order valence-electron chi connectivity index (χ0n) is 6.47. The SMILES string of the molecule is CSc1ccc2n[nH]c(I)c2c1. The summed E-state index contributed by atoms with van der Waals surface area (Å²) in [5, 5.41) is 8.32. The van der Waals surface area contributed by atoms with Crippen molar-refractivity contribution >= 4 is 45.3 Å². The van der Waals surface area contributed by atoms with Crippen molar-refractivity contribution in [3.8, 4) is 0 Å². The molecule has 12 heavy (non-hydrogen) atoms. The molecule has 0 radical (unpaired) electrons. The summed E-state index contributed by atoms with van der Waals surface area (Å²) in [6.07, 6.45) is 2.08. The van der Waals surface area contributed by atoms with Crippen LogP contribution in [0.25, 0.3) is 10.9 Å². The van der Waals surface area contributed by atoms with Gasteiger partial charge in [-0.15, -0.1) is 11.8 Å². The Morgan fingerprint density at radius 1 is 1.50 bits per heavy atom. The molecule has 0 aliphatic heterocycles. The molecule has 1 aromatic heterocycles. The maximum atomic E-state index is 4.15. The molecular formula is C8H7IN2S.